The lowest BCUT2D eigenvalue weighted by Crippen LogP contribution is -2.16. The molecule has 2 nitrogen and oxygen atoms in total. The number of benzene rings is 7. The van der Waals surface area contributed by atoms with Gasteiger partial charge in [-0.1, -0.05) is 111 Å². The van der Waals surface area contributed by atoms with E-state index in [0.717, 1.165) is 33.3 Å². The number of para-hydroxylation sites is 1. The van der Waals surface area contributed by atoms with E-state index in [4.69, 9.17) is 4.42 Å². The van der Waals surface area contributed by atoms with Gasteiger partial charge in [0.25, 0.3) is 0 Å². The van der Waals surface area contributed by atoms with Crippen molar-refractivity contribution in [2.45, 2.75) is 19.3 Å². The Hall–Kier alpha value is -5.60. The molecule has 0 unspecified atom stereocenters. The van der Waals surface area contributed by atoms with Gasteiger partial charge in [0.1, 0.15) is 11.2 Å². The number of furan rings is 1. The van der Waals surface area contributed by atoms with Crippen LogP contribution in [0.25, 0.3) is 55.0 Å². The molecule has 9 rings (SSSR count). The molecule has 0 atom stereocenters. The van der Waals surface area contributed by atoms with Crippen LogP contribution < -0.4 is 4.90 Å². The standard InChI is InChI=1S/C43H31NO/c1-43(2)37-16-10-17-39(42(37)36-25-30-13-6-7-14-31(30)26-38(36)43)44(32-21-19-29(20-22-32)28-11-4-3-5-12-28)33-23-24-41-35(27-33)34-15-8-9-18-40(34)45-41/h3-27H,1-2H3. The smallest absolute Gasteiger partial charge is 0.135 e. The van der Waals surface area contributed by atoms with Gasteiger partial charge < -0.3 is 9.32 Å². The van der Waals surface area contributed by atoms with Crippen LogP contribution in [0.5, 0.6) is 0 Å². The van der Waals surface area contributed by atoms with E-state index in [-0.39, 0.29) is 5.41 Å². The van der Waals surface area contributed by atoms with Gasteiger partial charge in [0.15, 0.2) is 0 Å². The molecule has 214 valence electrons. The molecule has 45 heavy (non-hydrogen) atoms. The van der Waals surface area contributed by atoms with E-state index in [0.29, 0.717) is 0 Å². The SMILES string of the molecule is CC1(C)c2cc3ccccc3cc2-c2c(N(c3ccc(-c4ccccc4)cc3)c3ccc4oc5ccccc5c4c3)cccc21. The highest BCUT2D eigenvalue weighted by Gasteiger charge is 2.38. The fourth-order valence-electron chi connectivity index (χ4n) is 7.35. The van der Waals surface area contributed by atoms with Crippen molar-refractivity contribution in [2.75, 3.05) is 4.90 Å². The summed E-state index contributed by atoms with van der Waals surface area (Å²) in [7, 11) is 0. The third-order valence-electron chi connectivity index (χ3n) is 9.64. The predicted octanol–water partition coefficient (Wildman–Crippen LogP) is 12.2. The molecule has 0 saturated heterocycles. The topological polar surface area (TPSA) is 16.4 Å². The van der Waals surface area contributed by atoms with Crippen LogP contribution in [0.2, 0.25) is 0 Å². The van der Waals surface area contributed by atoms with Gasteiger partial charge in [-0.2, -0.15) is 0 Å². The first-order chi connectivity index (χ1) is 22.1. The van der Waals surface area contributed by atoms with E-state index in [2.05, 4.69) is 158 Å². The summed E-state index contributed by atoms with van der Waals surface area (Å²) in [5.74, 6) is 0. The van der Waals surface area contributed by atoms with Crippen molar-refractivity contribution >= 4 is 49.8 Å². The lowest BCUT2D eigenvalue weighted by Gasteiger charge is -2.29. The molecule has 0 fully saturated rings. The maximum atomic E-state index is 6.23. The van der Waals surface area contributed by atoms with Gasteiger partial charge in [-0.05, 0) is 93.2 Å². The van der Waals surface area contributed by atoms with E-state index >= 15 is 0 Å². The van der Waals surface area contributed by atoms with Gasteiger partial charge in [-0.25, -0.2) is 0 Å². The van der Waals surface area contributed by atoms with E-state index in [9.17, 15) is 0 Å². The summed E-state index contributed by atoms with van der Waals surface area (Å²) in [6.45, 7) is 4.72. The van der Waals surface area contributed by atoms with Crippen molar-refractivity contribution in [3.8, 4) is 22.3 Å². The van der Waals surface area contributed by atoms with Crippen molar-refractivity contribution in [1.29, 1.82) is 0 Å². The molecule has 0 amide bonds. The summed E-state index contributed by atoms with van der Waals surface area (Å²) >= 11 is 0. The number of rotatable bonds is 4. The van der Waals surface area contributed by atoms with E-state index in [1.165, 1.54) is 49.8 Å². The zero-order chi connectivity index (χ0) is 30.1. The monoisotopic (exact) mass is 577 g/mol. The molecule has 0 N–H and O–H groups in total. The summed E-state index contributed by atoms with van der Waals surface area (Å²) in [6.07, 6.45) is 0. The van der Waals surface area contributed by atoms with Gasteiger partial charge in [0.05, 0.1) is 5.69 Å². The van der Waals surface area contributed by atoms with Crippen LogP contribution in [-0.4, -0.2) is 0 Å². The number of hydrogen-bond donors (Lipinski definition) is 0. The van der Waals surface area contributed by atoms with Crippen molar-refractivity contribution in [3.05, 3.63) is 163 Å². The Labute approximate surface area is 262 Å². The van der Waals surface area contributed by atoms with Gasteiger partial charge in [-0.3, -0.25) is 0 Å². The van der Waals surface area contributed by atoms with Crippen LogP contribution in [-0.2, 0) is 5.41 Å². The van der Waals surface area contributed by atoms with Crippen molar-refractivity contribution in [3.63, 3.8) is 0 Å². The molecule has 0 saturated carbocycles. The van der Waals surface area contributed by atoms with Gasteiger partial charge in [0.2, 0.25) is 0 Å². The first-order valence-corrected chi connectivity index (χ1v) is 15.6. The Bertz CT molecular complexity index is 2400. The summed E-state index contributed by atoms with van der Waals surface area (Å²) in [6, 6.07) is 54.8. The first-order valence-electron chi connectivity index (χ1n) is 15.6. The second-order valence-corrected chi connectivity index (χ2v) is 12.6. The fourth-order valence-corrected chi connectivity index (χ4v) is 7.35. The molecule has 1 heterocycles. The summed E-state index contributed by atoms with van der Waals surface area (Å²) in [5, 5.41) is 4.79. The Morgan fingerprint density at radius 1 is 0.489 bits per heavy atom. The third-order valence-corrected chi connectivity index (χ3v) is 9.64. The molecule has 0 aliphatic heterocycles. The van der Waals surface area contributed by atoms with E-state index in [1.54, 1.807) is 0 Å². The minimum Gasteiger partial charge on any atom is -0.456 e. The summed E-state index contributed by atoms with van der Waals surface area (Å²) in [5.41, 5.74) is 12.8. The van der Waals surface area contributed by atoms with Crippen molar-refractivity contribution in [1.82, 2.24) is 0 Å². The number of nitrogens with zero attached hydrogens (tertiary/aromatic N) is 1. The quantitative estimate of drug-likeness (QED) is 0.207. The maximum absolute atomic E-state index is 6.23. The van der Waals surface area contributed by atoms with Crippen LogP contribution in [0.15, 0.2) is 156 Å². The molecule has 0 radical (unpaired) electrons. The van der Waals surface area contributed by atoms with Crippen molar-refractivity contribution in [2.24, 2.45) is 0 Å². The average Bonchev–Trinajstić information content (AvgIpc) is 3.56. The third kappa shape index (κ3) is 3.96. The lowest BCUT2D eigenvalue weighted by atomic mass is 9.82. The number of anilines is 3. The predicted molar refractivity (Wildman–Crippen MR) is 189 cm³/mol. The maximum Gasteiger partial charge on any atom is 0.135 e. The normalized spacial score (nSPS) is 13.3. The highest BCUT2D eigenvalue weighted by Crippen LogP contribution is 2.55. The molecular weight excluding hydrogens is 546 g/mol. The lowest BCUT2D eigenvalue weighted by molar-refractivity contribution is 0.661. The second-order valence-electron chi connectivity index (χ2n) is 12.6. The van der Waals surface area contributed by atoms with Crippen LogP contribution in [0.4, 0.5) is 17.1 Å². The molecule has 1 aliphatic rings. The molecule has 1 aliphatic carbocycles. The number of fused-ring (bicyclic) bond motifs is 7. The van der Waals surface area contributed by atoms with E-state index < -0.39 is 0 Å². The molecule has 1 aromatic heterocycles. The highest BCUT2D eigenvalue weighted by atomic mass is 16.3. The number of hydrogen-bond acceptors (Lipinski definition) is 2. The largest absolute Gasteiger partial charge is 0.456 e. The van der Waals surface area contributed by atoms with Crippen molar-refractivity contribution < 1.29 is 4.42 Å². The Morgan fingerprint density at radius 3 is 1.98 bits per heavy atom. The highest BCUT2D eigenvalue weighted by molar-refractivity contribution is 6.07. The summed E-state index contributed by atoms with van der Waals surface area (Å²) < 4.78 is 6.23. The molecular formula is C43H31NO. The molecule has 7 aromatic carbocycles. The molecule has 0 bridgehead atoms. The minimum atomic E-state index is -0.127. The Kier molecular flexibility index (Phi) is 5.58. The second kappa shape index (κ2) is 9.70. The molecule has 2 heteroatoms. The van der Waals surface area contributed by atoms with Crippen LogP contribution in [0, 0.1) is 0 Å². The zero-order valence-electron chi connectivity index (χ0n) is 25.3. The Balaban J connectivity index is 1.30. The fraction of sp³-hybridized carbons (Fsp3) is 0.0698. The average molecular weight is 578 g/mol. The molecule has 0 spiro atoms. The van der Waals surface area contributed by atoms with Crippen LogP contribution in [0.3, 0.4) is 0 Å². The van der Waals surface area contributed by atoms with Crippen LogP contribution >= 0.6 is 0 Å². The zero-order valence-corrected chi connectivity index (χ0v) is 25.3. The van der Waals surface area contributed by atoms with Gasteiger partial charge in [0, 0.05) is 33.1 Å². The van der Waals surface area contributed by atoms with E-state index in [1.807, 2.05) is 12.1 Å². The molecule has 8 aromatic rings. The minimum absolute atomic E-state index is 0.127. The summed E-state index contributed by atoms with van der Waals surface area (Å²) in [4.78, 5) is 2.43. The van der Waals surface area contributed by atoms with Gasteiger partial charge in [-0.15, -0.1) is 0 Å². The first kappa shape index (κ1) is 25.9. The Morgan fingerprint density at radius 2 is 1.16 bits per heavy atom. The van der Waals surface area contributed by atoms with Crippen LogP contribution in [0.1, 0.15) is 25.0 Å². The van der Waals surface area contributed by atoms with Gasteiger partial charge >= 0.3 is 0 Å².